The minimum absolute atomic E-state index is 0.0526. The molecule has 0 rings (SSSR count). The van der Waals surface area contributed by atoms with E-state index in [0.717, 1.165) is 6.42 Å². The van der Waals surface area contributed by atoms with Crippen molar-refractivity contribution < 1.29 is 0 Å². The van der Waals surface area contributed by atoms with Gasteiger partial charge in [-0.1, -0.05) is 5.92 Å². The van der Waals surface area contributed by atoms with Gasteiger partial charge in [0.25, 0.3) is 0 Å². The first-order valence-corrected chi connectivity index (χ1v) is 3.00. The summed E-state index contributed by atoms with van der Waals surface area (Å²) < 4.78 is 0. The maximum absolute atomic E-state index is 5.23. The van der Waals surface area contributed by atoms with Gasteiger partial charge in [0.2, 0.25) is 0 Å². The lowest BCUT2D eigenvalue weighted by atomic mass is 9.91. The van der Waals surface area contributed by atoms with E-state index in [2.05, 4.69) is 17.8 Å². The number of hydrogen-bond donors (Lipinski definition) is 0. The molecule has 0 N–H and O–H groups in total. The van der Waals surface area contributed by atoms with Crippen LogP contribution in [0.3, 0.4) is 0 Å². The summed E-state index contributed by atoms with van der Waals surface area (Å²) in [5, 5.41) is 0. The van der Waals surface area contributed by atoms with Crippen molar-refractivity contribution >= 4 is 0 Å². The Labute approximate surface area is 57.7 Å². The summed E-state index contributed by atoms with van der Waals surface area (Å²) in [5.74, 6) is 8.43. The summed E-state index contributed by atoms with van der Waals surface area (Å²) in [6.45, 7) is 5.85. The van der Waals surface area contributed by atoms with Crippen molar-refractivity contribution in [3.63, 3.8) is 0 Å². The summed E-state index contributed by atoms with van der Waals surface area (Å²) in [5.41, 5.74) is -0.0526. The summed E-state index contributed by atoms with van der Waals surface area (Å²) in [6, 6.07) is 0. The standard InChI is InChI=1S/C9H12/c1-5-7-8-9(3,4)6-2/h2H,8H2,1,3-4H3. The molecule has 0 unspecified atom stereocenters. The third-order valence-corrected chi connectivity index (χ3v) is 1.10. The maximum Gasteiger partial charge on any atom is 0.0364 e. The highest BCUT2D eigenvalue weighted by atomic mass is 14.1. The van der Waals surface area contributed by atoms with Crippen molar-refractivity contribution in [2.75, 3.05) is 0 Å². The van der Waals surface area contributed by atoms with Crippen molar-refractivity contribution in [2.24, 2.45) is 5.41 Å². The molecule has 0 spiro atoms. The topological polar surface area (TPSA) is 0 Å². The zero-order valence-electron chi connectivity index (χ0n) is 6.28. The fourth-order valence-electron chi connectivity index (χ4n) is 0.360. The first-order chi connectivity index (χ1) is 4.12. The largest absolute Gasteiger partial charge is 0.120 e. The molecule has 0 saturated heterocycles. The second kappa shape index (κ2) is 3.21. The highest BCUT2D eigenvalue weighted by Gasteiger charge is 2.10. The van der Waals surface area contributed by atoms with E-state index in [0.29, 0.717) is 0 Å². The molecule has 0 amide bonds. The Morgan fingerprint density at radius 1 is 1.44 bits per heavy atom. The number of rotatable bonds is 1. The van der Waals surface area contributed by atoms with Crippen LogP contribution in [0.4, 0.5) is 0 Å². The average molecular weight is 120 g/mol. The highest BCUT2D eigenvalue weighted by Crippen LogP contribution is 2.16. The van der Waals surface area contributed by atoms with Gasteiger partial charge in [0.15, 0.2) is 0 Å². The fraction of sp³-hybridized carbons (Fsp3) is 0.556. The van der Waals surface area contributed by atoms with E-state index in [-0.39, 0.29) is 5.41 Å². The van der Waals surface area contributed by atoms with E-state index >= 15 is 0 Å². The second-order valence-electron chi connectivity index (χ2n) is 2.63. The Kier molecular flexibility index (Phi) is 2.89. The van der Waals surface area contributed by atoms with E-state index in [1.807, 2.05) is 20.8 Å². The molecule has 0 saturated carbocycles. The van der Waals surface area contributed by atoms with Gasteiger partial charge in [-0.3, -0.25) is 0 Å². The van der Waals surface area contributed by atoms with Gasteiger partial charge in [0, 0.05) is 11.8 Å². The van der Waals surface area contributed by atoms with Crippen molar-refractivity contribution in [1.29, 1.82) is 0 Å². The summed E-state index contributed by atoms with van der Waals surface area (Å²) in [6.07, 6.45) is 6.02. The monoisotopic (exact) mass is 120 g/mol. The van der Waals surface area contributed by atoms with E-state index in [4.69, 9.17) is 6.42 Å². The first-order valence-electron chi connectivity index (χ1n) is 3.00. The van der Waals surface area contributed by atoms with Gasteiger partial charge in [-0.25, -0.2) is 0 Å². The number of hydrogen-bond acceptors (Lipinski definition) is 0. The lowest BCUT2D eigenvalue weighted by molar-refractivity contribution is 0.522. The van der Waals surface area contributed by atoms with Crippen LogP contribution in [0.5, 0.6) is 0 Å². The molecule has 0 aliphatic heterocycles. The van der Waals surface area contributed by atoms with Crippen molar-refractivity contribution in [3.05, 3.63) is 0 Å². The molecule has 0 aromatic heterocycles. The lowest BCUT2D eigenvalue weighted by Gasteiger charge is -2.11. The smallest absolute Gasteiger partial charge is 0.0364 e. The van der Waals surface area contributed by atoms with Gasteiger partial charge in [0.1, 0.15) is 0 Å². The zero-order chi connectivity index (χ0) is 7.33. The zero-order valence-corrected chi connectivity index (χ0v) is 6.28. The lowest BCUT2D eigenvalue weighted by Crippen LogP contribution is -2.05. The number of terminal acetylenes is 1. The Hall–Kier alpha value is -0.880. The molecular formula is C9H12. The van der Waals surface area contributed by atoms with Gasteiger partial charge < -0.3 is 0 Å². The van der Waals surface area contributed by atoms with Gasteiger partial charge >= 0.3 is 0 Å². The normalized spacial score (nSPS) is 9.11. The van der Waals surface area contributed by atoms with Crippen molar-refractivity contribution in [1.82, 2.24) is 0 Å². The SMILES string of the molecule is C#CC(C)(C)CC#CC. The van der Waals surface area contributed by atoms with Crippen LogP contribution in [0.2, 0.25) is 0 Å². The molecule has 0 aromatic carbocycles. The molecule has 0 radical (unpaired) electrons. The first kappa shape index (κ1) is 8.12. The molecule has 0 bridgehead atoms. The molecule has 0 atom stereocenters. The van der Waals surface area contributed by atoms with Crippen LogP contribution < -0.4 is 0 Å². The molecular weight excluding hydrogens is 108 g/mol. The fourth-order valence-corrected chi connectivity index (χ4v) is 0.360. The quantitative estimate of drug-likeness (QED) is 0.465. The third-order valence-electron chi connectivity index (χ3n) is 1.10. The summed E-state index contributed by atoms with van der Waals surface area (Å²) in [4.78, 5) is 0. The van der Waals surface area contributed by atoms with E-state index < -0.39 is 0 Å². The Bertz CT molecular complexity index is 168. The van der Waals surface area contributed by atoms with Crippen molar-refractivity contribution in [3.8, 4) is 24.2 Å². The van der Waals surface area contributed by atoms with E-state index in [1.165, 1.54) is 0 Å². The summed E-state index contributed by atoms with van der Waals surface area (Å²) in [7, 11) is 0. The molecule has 0 heteroatoms. The molecule has 0 aromatic rings. The molecule has 9 heavy (non-hydrogen) atoms. The molecule has 0 aliphatic rings. The van der Waals surface area contributed by atoms with Gasteiger partial charge in [0.05, 0.1) is 0 Å². The van der Waals surface area contributed by atoms with Crippen LogP contribution in [-0.4, -0.2) is 0 Å². The van der Waals surface area contributed by atoms with Crippen LogP contribution in [-0.2, 0) is 0 Å². The van der Waals surface area contributed by atoms with Crippen LogP contribution in [0.25, 0.3) is 0 Å². The van der Waals surface area contributed by atoms with Gasteiger partial charge in [-0.05, 0) is 20.8 Å². The Morgan fingerprint density at radius 2 is 2.00 bits per heavy atom. The molecule has 0 heterocycles. The molecule has 0 aliphatic carbocycles. The predicted octanol–water partition coefficient (Wildman–Crippen LogP) is 2.06. The molecule has 0 nitrogen and oxygen atoms in total. The van der Waals surface area contributed by atoms with E-state index in [1.54, 1.807) is 0 Å². The van der Waals surface area contributed by atoms with E-state index in [9.17, 15) is 0 Å². The summed E-state index contributed by atoms with van der Waals surface area (Å²) >= 11 is 0. The minimum atomic E-state index is -0.0526. The van der Waals surface area contributed by atoms with Crippen LogP contribution in [0.1, 0.15) is 27.2 Å². The molecule has 48 valence electrons. The van der Waals surface area contributed by atoms with Crippen molar-refractivity contribution in [2.45, 2.75) is 27.2 Å². The Balaban J connectivity index is 3.86. The predicted molar refractivity (Wildman–Crippen MR) is 40.7 cm³/mol. The van der Waals surface area contributed by atoms with Gasteiger partial charge in [-0.2, -0.15) is 0 Å². The minimum Gasteiger partial charge on any atom is -0.120 e. The highest BCUT2D eigenvalue weighted by molar-refractivity contribution is 5.08. The second-order valence-corrected chi connectivity index (χ2v) is 2.63. The van der Waals surface area contributed by atoms with Crippen LogP contribution >= 0.6 is 0 Å². The average Bonchev–Trinajstić information content (AvgIpc) is 1.84. The Morgan fingerprint density at radius 3 is 2.33 bits per heavy atom. The van der Waals surface area contributed by atoms with Gasteiger partial charge in [-0.15, -0.1) is 18.3 Å². The molecule has 0 fully saturated rings. The van der Waals surface area contributed by atoms with Crippen LogP contribution in [0, 0.1) is 29.6 Å². The van der Waals surface area contributed by atoms with Crippen LogP contribution in [0.15, 0.2) is 0 Å². The maximum atomic E-state index is 5.23. The third kappa shape index (κ3) is 3.68.